The van der Waals surface area contributed by atoms with E-state index in [1.54, 1.807) is 0 Å². The third-order valence-corrected chi connectivity index (χ3v) is 1.07. The summed E-state index contributed by atoms with van der Waals surface area (Å²) in [4.78, 5) is 16.2. The van der Waals surface area contributed by atoms with E-state index >= 15 is 0 Å². The van der Waals surface area contributed by atoms with Gasteiger partial charge < -0.3 is 9.79 Å². The Hall–Kier alpha value is 0.953. The number of nitrogens with zero attached hydrogens (tertiary/aromatic N) is 1. The zero-order valence-electron chi connectivity index (χ0n) is 4.52. The van der Waals surface area contributed by atoms with E-state index in [-0.39, 0.29) is 26.2 Å². The smallest absolute Gasteiger partial charge is 0.302 e. The van der Waals surface area contributed by atoms with Crippen molar-refractivity contribution in [2.75, 3.05) is 13.1 Å². The number of hydrogen-bond acceptors (Lipinski definition) is 3. The van der Waals surface area contributed by atoms with Gasteiger partial charge in [-0.25, -0.2) is 4.57 Å². The van der Waals surface area contributed by atoms with Crippen molar-refractivity contribution in [1.29, 1.82) is 0 Å². The maximum Gasteiger partial charge on any atom is 0.486 e. The van der Waals surface area contributed by atoms with Crippen LogP contribution >= 0.6 is 7.82 Å². The second-order valence-corrected chi connectivity index (χ2v) is 2.65. The van der Waals surface area contributed by atoms with Crippen LogP contribution in [0.4, 0.5) is 0 Å². The van der Waals surface area contributed by atoms with Crippen molar-refractivity contribution in [2.45, 2.75) is 0 Å². The topological polar surface area (TPSA) is 69.8 Å². The monoisotopic (exact) mass is 229 g/mol. The average molecular weight is 230 g/mol. The quantitative estimate of drug-likeness (QED) is 0.486. The van der Waals surface area contributed by atoms with Crippen molar-refractivity contribution in [3.63, 3.8) is 0 Å². The second kappa shape index (κ2) is 3.38. The molecule has 1 aliphatic heterocycles. The number of phosphoric acid groups is 1. The third kappa shape index (κ3) is 5.40. The Morgan fingerprint density at radius 3 is 2.00 bits per heavy atom. The van der Waals surface area contributed by atoms with Gasteiger partial charge in [-0.05, 0) is 0 Å². The van der Waals surface area contributed by atoms with Gasteiger partial charge in [-0.1, -0.05) is 0 Å². The largest absolute Gasteiger partial charge is 0.486 e. The number of hydroxylamine groups is 2. The standard InChI is InChI=1S/C2H6NO4P.Zr/c4-8(5,6)7-3-1-2-3;/h1-2H2,(H2,4,5,6);. The molecule has 0 unspecified atom stereocenters. The van der Waals surface area contributed by atoms with Crippen LogP contribution in [0.2, 0.25) is 0 Å². The molecule has 0 spiro atoms. The van der Waals surface area contributed by atoms with Gasteiger partial charge in [0.25, 0.3) is 0 Å². The zero-order chi connectivity index (χ0) is 6.20. The minimum Gasteiger partial charge on any atom is -0.302 e. The summed E-state index contributed by atoms with van der Waals surface area (Å²) in [5.74, 6) is 0. The SMILES string of the molecule is O=P(O)(O)ON1CC1.[Zr]. The molecule has 0 bridgehead atoms. The van der Waals surface area contributed by atoms with Crippen molar-refractivity contribution in [2.24, 2.45) is 0 Å². The molecule has 1 aliphatic rings. The Balaban J connectivity index is 0.000000640. The molecule has 0 saturated carbocycles. The summed E-state index contributed by atoms with van der Waals surface area (Å²) in [6, 6.07) is 0. The number of hydrogen-bond donors (Lipinski definition) is 2. The molecule has 7 heteroatoms. The van der Waals surface area contributed by atoms with Crippen LogP contribution in [0.25, 0.3) is 0 Å². The number of rotatable bonds is 2. The summed E-state index contributed by atoms with van der Waals surface area (Å²) in [7, 11) is -4.23. The van der Waals surface area contributed by atoms with Crippen LogP contribution in [-0.4, -0.2) is 27.9 Å². The third-order valence-electron chi connectivity index (χ3n) is 0.628. The van der Waals surface area contributed by atoms with Gasteiger partial charge in [0.1, 0.15) is 0 Å². The summed E-state index contributed by atoms with van der Waals surface area (Å²) >= 11 is 0. The van der Waals surface area contributed by atoms with Crippen LogP contribution in [0, 0.1) is 0 Å². The van der Waals surface area contributed by atoms with Gasteiger partial charge in [0.15, 0.2) is 0 Å². The molecule has 9 heavy (non-hydrogen) atoms. The van der Waals surface area contributed by atoms with E-state index in [2.05, 4.69) is 4.62 Å². The second-order valence-electron chi connectivity index (χ2n) is 1.50. The maximum absolute atomic E-state index is 9.91. The Morgan fingerprint density at radius 2 is 1.89 bits per heavy atom. The first-order valence-electron chi connectivity index (χ1n) is 2.08. The molecule has 1 fully saturated rings. The van der Waals surface area contributed by atoms with E-state index in [4.69, 9.17) is 9.79 Å². The van der Waals surface area contributed by atoms with Gasteiger partial charge in [-0.3, -0.25) is 0 Å². The molecule has 0 amide bonds. The molecule has 0 aromatic rings. The zero-order valence-corrected chi connectivity index (χ0v) is 7.87. The van der Waals surface area contributed by atoms with Crippen LogP contribution in [0.15, 0.2) is 0 Å². The first-order chi connectivity index (χ1) is 3.58. The summed E-state index contributed by atoms with van der Waals surface area (Å²) < 4.78 is 14.0. The minimum atomic E-state index is -4.23. The molecule has 0 atom stereocenters. The fourth-order valence-corrected chi connectivity index (χ4v) is 0.737. The van der Waals surface area contributed by atoms with Crippen molar-refractivity contribution < 1.29 is 45.2 Å². The Morgan fingerprint density at radius 1 is 1.44 bits per heavy atom. The molecule has 1 saturated heterocycles. The van der Waals surface area contributed by atoms with E-state index in [0.717, 1.165) is 0 Å². The molecule has 0 aromatic heterocycles. The van der Waals surface area contributed by atoms with Gasteiger partial charge in [0, 0.05) is 39.3 Å². The van der Waals surface area contributed by atoms with E-state index < -0.39 is 7.82 Å². The predicted molar refractivity (Wildman–Crippen MR) is 24.7 cm³/mol. The van der Waals surface area contributed by atoms with Gasteiger partial charge >= 0.3 is 7.82 Å². The van der Waals surface area contributed by atoms with Crippen molar-refractivity contribution in [3.8, 4) is 0 Å². The molecular formula is C2H6NO4PZr. The normalized spacial score (nSPS) is 18.9. The molecular weight excluding hydrogens is 224 g/mol. The Bertz CT molecular complexity index is 131. The summed E-state index contributed by atoms with van der Waals surface area (Å²) in [5.41, 5.74) is 0. The van der Waals surface area contributed by atoms with Crippen LogP contribution in [0.5, 0.6) is 0 Å². The first kappa shape index (κ1) is 9.95. The van der Waals surface area contributed by atoms with E-state index in [9.17, 15) is 4.57 Å². The van der Waals surface area contributed by atoms with Crippen molar-refractivity contribution in [1.82, 2.24) is 5.06 Å². The van der Waals surface area contributed by atoms with Gasteiger partial charge in [0.05, 0.1) is 0 Å². The minimum absolute atomic E-state index is 0. The summed E-state index contributed by atoms with van der Waals surface area (Å²) in [6.07, 6.45) is 0. The van der Waals surface area contributed by atoms with Crippen LogP contribution in [0.3, 0.4) is 0 Å². The van der Waals surface area contributed by atoms with E-state index in [1.807, 2.05) is 0 Å². The molecule has 0 aliphatic carbocycles. The first-order valence-corrected chi connectivity index (χ1v) is 3.61. The Labute approximate surface area is 71.3 Å². The van der Waals surface area contributed by atoms with Gasteiger partial charge in [0.2, 0.25) is 0 Å². The van der Waals surface area contributed by atoms with Crippen LogP contribution in [0.1, 0.15) is 0 Å². The molecule has 1 rings (SSSR count). The Kier molecular flexibility index (Phi) is 3.73. The fraction of sp³-hybridized carbons (Fsp3) is 1.00. The molecule has 0 radical (unpaired) electrons. The average Bonchev–Trinajstić information content (AvgIpc) is 2.12. The van der Waals surface area contributed by atoms with Crippen LogP contribution < -0.4 is 0 Å². The molecule has 2 N–H and O–H groups in total. The molecule has 1 heterocycles. The van der Waals surface area contributed by atoms with Crippen molar-refractivity contribution >= 4 is 7.82 Å². The molecule has 5 nitrogen and oxygen atoms in total. The fourth-order valence-electron chi connectivity index (χ4n) is 0.273. The maximum atomic E-state index is 9.91. The van der Waals surface area contributed by atoms with Gasteiger partial charge in [-0.2, -0.15) is 9.69 Å². The predicted octanol–water partition coefficient (Wildman–Crippen LogP) is -0.676. The van der Waals surface area contributed by atoms with Gasteiger partial charge in [-0.15, -0.1) is 0 Å². The summed E-state index contributed by atoms with van der Waals surface area (Å²) in [6.45, 7) is 1.23. The molecule has 52 valence electrons. The molecule has 0 aromatic carbocycles. The van der Waals surface area contributed by atoms with Crippen molar-refractivity contribution in [3.05, 3.63) is 0 Å². The van der Waals surface area contributed by atoms with E-state index in [1.165, 1.54) is 5.06 Å². The van der Waals surface area contributed by atoms with Crippen LogP contribution in [-0.2, 0) is 35.4 Å². The summed E-state index contributed by atoms with van der Waals surface area (Å²) in [5, 5.41) is 1.20. The van der Waals surface area contributed by atoms with E-state index in [0.29, 0.717) is 13.1 Å².